The van der Waals surface area contributed by atoms with E-state index in [4.69, 9.17) is 11.6 Å². The highest BCUT2D eigenvalue weighted by molar-refractivity contribution is 6.31. The second-order valence-electron chi connectivity index (χ2n) is 3.52. The van der Waals surface area contributed by atoms with Crippen LogP contribution in [-0.4, -0.2) is 12.7 Å². The van der Waals surface area contributed by atoms with Crippen molar-refractivity contribution < 1.29 is 4.39 Å². The minimum atomic E-state index is -0.341. The Morgan fingerprint density at radius 1 is 1.50 bits per heavy atom. The van der Waals surface area contributed by atoms with Crippen molar-refractivity contribution in [2.24, 2.45) is 0 Å². The molecule has 1 nitrogen and oxygen atoms in total. The maximum atomic E-state index is 12.1. The van der Waals surface area contributed by atoms with Crippen molar-refractivity contribution in [1.29, 1.82) is 0 Å². The van der Waals surface area contributed by atoms with E-state index in [9.17, 15) is 4.39 Å². The summed E-state index contributed by atoms with van der Waals surface area (Å²) >= 11 is 5.89. The zero-order valence-electron chi connectivity index (χ0n) is 8.48. The van der Waals surface area contributed by atoms with Gasteiger partial charge in [-0.05, 0) is 31.0 Å². The quantitative estimate of drug-likeness (QED) is 0.814. The van der Waals surface area contributed by atoms with E-state index in [1.807, 2.05) is 32.0 Å². The van der Waals surface area contributed by atoms with Crippen LogP contribution in [0.5, 0.6) is 0 Å². The van der Waals surface area contributed by atoms with Crippen LogP contribution < -0.4 is 5.32 Å². The standard InChI is InChI=1S/C11H15ClFN/c1-8-5-10(3-4-11(8)12)7-14-9(2)6-13/h3-5,9,14H,6-7H2,1-2H3. The summed E-state index contributed by atoms with van der Waals surface area (Å²) in [6.45, 7) is 4.13. The van der Waals surface area contributed by atoms with E-state index in [0.717, 1.165) is 16.1 Å². The lowest BCUT2D eigenvalue weighted by molar-refractivity contribution is 0.391. The summed E-state index contributed by atoms with van der Waals surface area (Å²) < 4.78 is 12.1. The molecule has 0 aliphatic heterocycles. The van der Waals surface area contributed by atoms with Gasteiger partial charge in [0.15, 0.2) is 0 Å². The number of nitrogens with one attached hydrogen (secondary N) is 1. The van der Waals surface area contributed by atoms with Gasteiger partial charge in [0, 0.05) is 17.6 Å². The molecule has 0 saturated carbocycles. The first kappa shape index (κ1) is 11.5. The van der Waals surface area contributed by atoms with Crippen molar-refractivity contribution in [3.8, 4) is 0 Å². The second kappa shape index (κ2) is 5.32. The van der Waals surface area contributed by atoms with Gasteiger partial charge in [-0.1, -0.05) is 23.7 Å². The Morgan fingerprint density at radius 3 is 2.79 bits per heavy atom. The molecule has 1 atom stereocenters. The van der Waals surface area contributed by atoms with Crippen LogP contribution >= 0.6 is 11.6 Å². The second-order valence-corrected chi connectivity index (χ2v) is 3.93. The zero-order chi connectivity index (χ0) is 10.6. The SMILES string of the molecule is Cc1cc(CNC(C)CF)ccc1Cl. The van der Waals surface area contributed by atoms with Gasteiger partial charge in [-0.25, -0.2) is 4.39 Å². The number of rotatable bonds is 4. The van der Waals surface area contributed by atoms with Crippen molar-refractivity contribution in [3.63, 3.8) is 0 Å². The summed E-state index contributed by atoms with van der Waals surface area (Å²) in [6, 6.07) is 5.74. The molecule has 0 amide bonds. The molecule has 0 fully saturated rings. The van der Waals surface area contributed by atoms with E-state index in [-0.39, 0.29) is 12.7 Å². The third-order valence-corrected chi connectivity index (χ3v) is 2.53. The van der Waals surface area contributed by atoms with Crippen LogP contribution in [0, 0.1) is 6.92 Å². The summed E-state index contributed by atoms with van der Waals surface area (Å²) in [5.41, 5.74) is 2.19. The highest BCUT2D eigenvalue weighted by Crippen LogP contribution is 2.16. The normalized spacial score (nSPS) is 12.9. The van der Waals surface area contributed by atoms with Crippen molar-refractivity contribution in [1.82, 2.24) is 5.32 Å². The Morgan fingerprint density at radius 2 is 2.21 bits per heavy atom. The molecule has 3 heteroatoms. The predicted octanol–water partition coefficient (Wildman–Crippen LogP) is 3.10. The van der Waals surface area contributed by atoms with Crippen LogP contribution in [0.2, 0.25) is 5.02 Å². The minimum absolute atomic E-state index is 0.0917. The molecule has 0 spiro atoms. The lowest BCUT2D eigenvalue weighted by Gasteiger charge is -2.10. The average Bonchev–Trinajstić information content (AvgIpc) is 2.19. The minimum Gasteiger partial charge on any atom is -0.308 e. The van der Waals surface area contributed by atoms with Gasteiger partial charge in [-0.3, -0.25) is 0 Å². The number of benzene rings is 1. The molecule has 0 aliphatic carbocycles. The van der Waals surface area contributed by atoms with Crippen LogP contribution in [-0.2, 0) is 6.54 Å². The fraction of sp³-hybridized carbons (Fsp3) is 0.455. The van der Waals surface area contributed by atoms with Crippen LogP contribution in [0.3, 0.4) is 0 Å². The van der Waals surface area contributed by atoms with E-state index < -0.39 is 0 Å². The van der Waals surface area contributed by atoms with Crippen molar-refractivity contribution in [2.75, 3.05) is 6.67 Å². The fourth-order valence-corrected chi connectivity index (χ4v) is 1.28. The number of hydrogen-bond donors (Lipinski definition) is 1. The largest absolute Gasteiger partial charge is 0.308 e. The molecule has 0 bridgehead atoms. The highest BCUT2D eigenvalue weighted by atomic mass is 35.5. The Labute approximate surface area is 89.3 Å². The van der Waals surface area contributed by atoms with Crippen molar-refractivity contribution in [2.45, 2.75) is 26.4 Å². The fourth-order valence-electron chi connectivity index (χ4n) is 1.16. The van der Waals surface area contributed by atoms with Crippen LogP contribution in [0.4, 0.5) is 4.39 Å². The van der Waals surface area contributed by atoms with Gasteiger partial charge in [0.05, 0.1) is 0 Å². The van der Waals surface area contributed by atoms with Gasteiger partial charge in [0.2, 0.25) is 0 Å². The molecule has 14 heavy (non-hydrogen) atoms. The van der Waals surface area contributed by atoms with Gasteiger partial charge in [-0.15, -0.1) is 0 Å². The Balaban J connectivity index is 2.55. The Kier molecular flexibility index (Phi) is 4.36. The molecular formula is C11H15ClFN. The zero-order valence-corrected chi connectivity index (χ0v) is 9.24. The summed E-state index contributed by atoms with van der Waals surface area (Å²) in [4.78, 5) is 0. The van der Waals surface area contributed by atoms with Gasteiger partial charge in [0.25, 0.3) is 0 Å². The molecule has 0 saturated heterocycles. The molecule has 1 rings (SSSR count). The highest BCUT2D eigenvalue weighted by Gasteiger charge is 2.01. The number of aryl methyl sites for hydroxylation is 1. The number of alkyl halides is 1. The number of halogens is 2. The van der Waals surface area contributed by atoms with E-state index in [0.29, 0.717) is 6.54 Å². The topological polar surface area (TPSA) is 12.0 Å². The first-order valence-corrected chi connectivity index (χ1v) is 5.05. The molecular weight excluding hydrogens is 201 g/mol. The first-order chi connectivity index (χ1) is 6.63. The van der Waals surface area contributed by atoms with Crippen LogP contribution in [0.15, 0.2) is 18.2 Å². The van der Waals surface area contributed by atoms with Crippen LogP contribution in [0.25, 0.3) is 0 Å². The summed E-state index contributed by atoms with van der Waals surface area (Å²) in [5, 5.41) is 3.85. The van der Waals surface area contributed by atoms with Gasteiger partial charge in [0.1, 0.15) is 6.67 Å². The third kappa shape index (κ3) is 3.28. The van der Waals surface area contributed by atoms with E-state index in [1.165, 1.54) is 0 Å². The molecule has 1 N–H and O–H groups in total. The molecule has 0 heterocycles. The third-order valence-electron chi connectivity index (χ3n) is 2.11. The summed E-state index contributed by atoms with van der Waals surface area (Å²) in [5.74, 6) is 0. The Bertz CT molecular complexity index is 301. The average molecular weight is 216 g/mol. The number of hydrogen-bond acceptors (Lipinski definition) is 1. The lowest BCUT2D eigenvalue weighted by atomic mass is 10.1. The molecule has 1 unspecified atom stereocenters. The summed E-state index contributed by atoms with van der Waals surface area (Å²) in [7, 11) is 0. The van der Waals surface area contributed by atoms with E-state index in [1.54, 1.807) is 0 Å². The molecule has 0 aromatic heterocycles. The molecule has 1 aromatic rings. The Hall–Kier alpha value is -0.600. The maximum absolute atomic E-state index is 12.1. The van der Waals surface area contributed by atoms with Gasteiger partial charge >= 0.3 is 0 Å². The van der Waals surface area contributed by atoms with Gasteiger partial charge in [-0.2, -0.15) is 0 Å². The van der Waals surface area contributed by atoms with Crippen LogP contribution in [0.1, 0.15) is 18.1 Å². The monoisotopic (exact) mass is 215 g/mol. The maximum Gasteiger partial charge on any atom is 0.104 e. The predicted molar refractivity (Wildman–Crippen MR) is 58.5 cm³/mol. The van der Waals surface area contributed by atoms with Gasteiger partial charge < -0.3 is 5.32 Å². The smallest absolute Gasteiger partial charge is 0.104 e. The van der Waals surface area contributed by atoms with E-state index >= 15 is 0 Å². The summed E-state index contributed by atoms with van der Waals surface area (Å²) in [6.07, 6.45) is 0. The van der Waals surface area contributed by atoms with Crippen molar-refractivity contribution >= 4 is 11.6 Å². The molecule has 1 aromatic carbocycles. The first-order valence-electron chi connectivity index (χ1n) is 4.68. The molecule has 78 valence electrons. The lowest BCUT2D eigenvalue weighted by Crippen LogP contribution is -2.27. The molecule has 0 aliphatic rings. The van der Waals surface area contributed by atoms with Crippen molar-refractivity contribution in [3.05, 3.63) is 34.3 Å². The van der Waals surface area contributed by atoms with E-state index in [2.05, 4.69) is 5.32 Å². The molecule has 0 radical (unpaired) electrons.